The number of hydrogen-bond acceptors (Lipinski definition) is 3. The summed E-state index contributed by atoms with van der Waals surface area (Å²) >= 11 is 6.00. The van der Waals surface area contributed by atoms with Crippen molar-refractivity contribution in [2.75, 3.05) is 18.6 Å². The van der Waals surface area contributed by atoms with Crippen molar-refractivity contribution in [1.29, 1.82) is 0 Å². The van der Waals surface area contributed by atoms with E-state index in [1.807, 2.05) is 0 Å². The van der Waals surface area contributed by atoms with Gasteiger partial charge in [0.1, 0.15) is 5.75 Å². The molecule has 1 N–H and O–H groups in total. The zero-order valence-corrected chi connectivity index (χ0v) is 11.8. The molecule has 0 bridgehead atoms. The second kappa shape index (κ2) is 6.43. The van der Waals surface area contributed by atoms with Crippen molar-refractivity contribution in [3.8, 4) is 5.75 Å². The summed E-state index contributed by atoms with van der Waals surface area (Å²) in [5.41, 5.74) is 0.548. The van der Waals surface area contributed by atoms with Crippen LogP contribution >= 0.6 is 11.6 Å². The molecule has 0 saturated heterocycles. The van der Waals surface area contributed by atoms with Crippen molar-refractivity contribution in [2.45, 2.75) is 13.8 Å². The fourth-order valence-corrected chi connectivity index (χ4v) is 1.84. The van der Waals surface area contributed by atoms with E-state index < -0.39 is 11.9 Å². The molecule has 1 atom stereocenters. The van der Waals surface area contributed by atoms with Crippen LogP contribution < -0.4 is 9.64 Å². The fourth-order valence-electron chi connectivity index (χ4n) is 1.59. The lowest BCUT2D eigenvalue weighted by molar-refractivity contribution is -0.140. The minimum Gasteiger partial charge on any atom is -0.495 e. The first-order valence-corrected chi connectivity index (χ1v) is 6.09. The van der Waals surface area contributed by atoms with E-state index in [0.717, 1.165) is 0 Å². The van der Waals surface area contributed by atoms with E-state index in [4.69, 9.17) is 21.4 Å². The van der Waals surface area contributed by atoms with Crippen molar-refractivity contribution >= 4 is 29.2 Å². The van der Waals surface area contributed by atoms with Crippen molar-refractivity contribution in [2.24, 2.45) is 5.92 Å². The highest BCUT2D eigenvalue weighted by Gasteiger charge is 2.20. The topological polar surface area (TPSA) is 66.8 Å². The number of benzene rings is 1. The standard InChI is InChI=1S/C13H16ClNO4/c1-8(13(17)18)7-15(9(2)16)10-4-5-12(19-3)11(14)6-10/h4-6,8H,7H2,1-3H3,(H,17,18). The Labute approximate surface area is 116 Å². The average Bonchev–Trinajstić information content (AvgIpc) is 2.34. The van der Waals surface area contributed by atoms with Crippen molar-refractivity contribution in [3.63, 3.8) is 0 Å². The van der Waals surface area contributed by atoms with E-state index >= 15 is 0 Å². The second-order valence-corrected chi connectivity index (χ2v) is 4.59. The van der Waals surface area contributed by atoms with Crippen molar-refractivity contribution in [1.82, 2.24) is 0 Å². The Morgan fingerprint density at radius 1 is 1.47 bits per heavy atom. The predicted molar refractivity (Wildman–Crippen MR) is 72.8 cm³/mol. The van der Waals surface area contributed by atoms with E-state index in [1.54, 1.807) is 25.1 Å². The van der Waals surface area contributed by atoms with Gasteiger partial charge in [-0.25, -0.2) is 0 Å². The van der Waals surface area contributed by atoms with Gasteiger partial charge in [0.2, 0.25) is 5.91 Å². The van der Waals surface area contributed by atoms with Crippen LogP contribution in [0.5, 0.6) is 5.75 Å². The third-order valence-corrected chi connectivity index (χ3v) is 3.00. The molecule has 0 aromatic heterocycles. The number of anilines is 1. The van der Waals surface area contributed by atoms with Crippen LogP contribution in [0.3, 0.4) is 0 Å². The lowest BCUT2D eigenvalue weighted by atomic mass is 10.1. The summed E-state index contributed by atoms with van der Waals surface area (Å²) in [5, 5.41) is 9.28. The van der Waals surface area contributed by atoms with Gasteiger partial charge >= 0.3 is 5.97 Å². The summed E-state index contributed by atoms with van der Waals surface area (Å²) < 4.78 is 5.03. The number of carboxylic acid groups (broad SMARTS) is 1. The van der Waals surface area contributed by atoms with Gasteiger partial charge in [0, 0.05) is 19.2 Å². The van der Waals surface area contributed by atoms with Gasteiger partial charge in [0.15, 0.2) is 0 Å². The summed E-state index contributed by atoms with van der Waals surface area (Å²) in [6.07, 6.45) is 0. The summed E-state index contributed by atoms with van der Waals surface area (Å²) in [6, 6.07) is 4.89. The van der Waals surface area contributed by atoms with Crippen molar-refractivity contribution in [3.05, 3.63) is 23.2 Å². The van der Waals surface area contributed by atoms with Gasteiger partial charge in [-0.15, -0.1) is 0 Å². The van der Waals surface area contributed by atoms with Gasteiger partial charge < -0.3 is 14.7 Å². The van der Waals surface area contributed by atoms with Gasteiger partial charge in [0.25, 0.3) is 0 Å². The predicted octanol–water partition coefficient (Wildman–Crippen LogP) is 2.42. The number of ether oxygens (including phenoxy) is 1. The number of methoxy groups -OCH3 is 1. The average molecular weight is 286 g/mol. The van der Waals surface area contributed by atoms with Gasteiger partial charge in [-0.3, -0.25) is 9.59 Å². The first-order chi connectivity index (χ1) is 8.86. The molecule has 1 unspecified atom stereocenters. The van der Waals surface area contributed by atoms with Crippen LogP contribution in [0.25, 0.3) is 0 Å². The van der Waals surface area contributed by atoms with Crippen molar-refractivity contribution < 1.29 is 19.4 Å². The van der Waals surface area contributed by atoms with Crippen LogP contribution in [0, 0.1) is 5.92 Å². The van der Waals surface area contributed by atoms with Crippen LogP contribution in [0.4, 0.5) is 5.69 Å². The molecule has 1 aromatic carbocycles. The van der Waals surface area contributed by atoms with Crippen LogP contribution in [0.1, 0.15) is 13.8 Å². The van der Waals surface area contributed by atoms with Crippen LogP contribution in [-0.2, 0) is 9.59 Å². The second-order valence-electron chi connectivity index (χ2n) is 4.19. The number of nitrogens with zero attached hydrogens (tertiary/aromatic N) is 1. The van der Waals surface area contributed by atoms with Gasteiger partial charge in [-0.1, -0.05) is 18.5 Å². The monoisotopic (exact) mass is 285 g/mol. The molecule has 0 spiro atoms. The zero-order chi connectivity index (χ0) is 14.6. The largest absolute Gasteiger partial charge is 0.495 e. The minimum atomic E-state index is -0.953. The highest BCUT2D eigenvalue weighted by molar-refractivity contribution is 6.32. The van der Waals surface area contributed by atoms with E-state index in [1.165, 1.54) is 18.9 Å². The SMILES string of the molecule is COc1ccc(N(CC(C)C(=O)O)C(C)=O)cc1Cl. The minimum absolute atomic E-state index is 0.0906. The molecule has 104 valence electrons. The molecule has 1 aromatic rings. The Morgan fingerprint density at radius 3 is 2.53 bits per heavy atom. The van der Waals surface area contributed by atoms with Crippen LogP contribution in [0.15, 0.2) is 18.2 Å². The molecule has 1 amide bonds. The third kappa shape index (κ3) is 3.86. The highest BCUT2D eigenvalue weighted by atomic mass is 35.5. The number of carboxylic acids is 1. The molecule has 19 heavy (non-hydrogen) atoms. The Kier molecular flexibility index (Phi) is 5.18. The molecular formula is C13H16ClNO4. The maximum absolute atomic E-state index is 11.6. The Hall–Kier alpha value is -1.75. The summed E-state index contributed by atoms with van der Waals surface area (Å²) in [7, 11) is 1.50. The first-order valence-electron chi connectivity index (χ1n) is 5.71. The fraction of sp³-hybridized carbons (Fsp3) is 0.385. The Balaban J connectivity index is 3.03. The molecule has 0 aliphatic heterocycles. The Bertz CT molecular complexity index is 490. The van der Waals surface area contributed by atoms with E-state index in [0.29, 0.717) is 16.5 Å². The summed E-state index contributed by atoms with van der Waals surface area (Å²) in [5.74, 6) is -1.36. The quantitative estimate of drug-likeness (QED) is 0.902. The lowest BCUT2D eigenvalue weighted by Gasteiger charge is -2.23. The number of aliphatic carboxylic acids is 1. The summed E-state index contributed by atoms with van der Waals surface area (Å²) in [4.78, 5) is 23.9. The summed E-state index contributed by atoms with van der Waals surface area (Å²) in [6.45, 7) is 3.02. The third-order valence-electron chi connectivity index (χ3n) is 2.71. The van der Waals surface area contributed by atoms with Gasteiger partial charge in [-0.2, -0.15) is 0 Å². The van der Waals surface area contributed by atoms with E-state index in [-0.39, 0.29) is 12.5 Å². The molecule has 5 nitrogen and oxygen atoms in total. The zero-order valence-electron chi connectivity index (χ0n) is 11.0. The van der Waals surface area contributed by atoms with Crippen LogP contribution in [-0.4, -0.2) is 30.6 Å². The van der Waals surface area contributed by atoms with E-state index in [9.17, 15) is 9.59 Å². The maximum Gasteiger partial charge on any atom is 0.308 e. The molecule has 0 heterocycles. The number of rotatable bonds is 5. The van der Waals surface area contributed by atoms with Gasteiger partial charge in [0.05, 0.1) is 18.1 Å². The number of carbonyl (C=O) groups excluding carboxylic acids is 1. The molecule has 0 aliphatic rings. The van der Waals surface area contributed by atoms with Gasteiger partial charge in [-0.05, 0) is 18.2 Å². The molecule has 0 aliphatic carbocycles. The first kappa shape index (κ1) is 15.3. The molecule has 6 heteroatoms. The number of amides is 1. The number of halogens is 1. The molecule has 1 rings (SSSR count). The molecule has 0 radical (unpaired) electrons. The normalized spacial score (nSPS) is 11.8. The Morgan fingerprint density at radius 2 is 2.11 bits per heavy atom. The highest BCUT2D eigenvalue weighted by Crippen LogP contribution is 2.29. The number of hydrogen-bond donors (Lipinski definition) is 1. The lowest BCUT2D eigenvalue weighted by Crippen LogP contribution is -2.35. The smallest absolute Gasteiger partial charge is 0.308 e. The molecular weight excluding hydrogens is 270 g/mol. The number of carbonyl (C=O) groups is 2. The molecule has 0 saturated carbocycles. The van der Waals surface area contributed by atoms with E-state index in [2.05, 4.69) is 0 Å². The maximum atomic E-state index is 11.6. The van der Waals surface area contributed by atoms with Crippen LogP contribution in [0.2, 0.25) is 5.02 Å². The molecule has 0 fully saturated rings.